The van der Waals surface area contributed by atoms with E-state index < -0.39 is 16.4 Å². The van der Waals surface area contributed by atoms with E-state index in [0.29, 0.717) is 0 Å². The molecule has 0 aromatic carbocycles. The van der Waals surface area contributed by atoms with Gasteiger partial charge in [-0.05, 0) is 0 Å². The third-order valence-corrected chi connectivity index (χ3v) is 0. The van der Waals surface area contributed by atoms with Crippen molar-refractivity contribution in [3.63, 3.8) is 0 Å². The minimum absolute atomic E-state index is 0. The standard InChI is InChI=1S/BH3O3.Ca.H4O4Si.2H/c2-1(3)4;;1-5(2,3)4;;/h2-4H;;1-4H;;. The zero-order valence-electron chi connectivity index (χ0n) is 4.21. The van der Waals surface area contributed by atoms with Crippen LogP contribution in [0.4, 0.5) is 0 Å². The average Bonchev–Trinajstić information content (AvgIpc) is 1.19. The number of rotatable bonds is 0. The molecule has 0 fully saturated rings. The van der Waals surface area contributed by atoms with Crippen molar-refractivity contribution in [2.45, 2.75) is 0 Å². The van der Waals surface area contributed by atoms with Gasteiger partial charge in [-0.1, -0.05) is 0 Å². The molecule has 0 radical (unpaired) electrons. The Hall–Kier alpha value is 1.26. The van der Waals surface area contributed by atoms with Crippen molar-refractivity contribution in [1.29, 1.82) is 0 Å². The fraction of sp³-hybridized carbons (Fsp3) is 0. The van der Waals surface area contributed by atoms with E-state index >= 15 is 0 Å². The molecule has 7 nitrogen and oxygen atoms in total. The summed E-state index contributed by atoms with van der Waals surface area (Å²) in [6.07, 6.45) is 0. The topological polar surface area (TPSA) is 142 Å². The van der Waals surface area contributed by atoms with Crippen molar-refractivity contribution in [1.82, 2.24) is 0 Å². The van der Waals surface area contributed by atoms with Crippen LogP contribution in [0.15, 0.2) is 0 Å². The first-order valence-corrected chi connectivity index (χ1v) is 3.46. The van der Waals surface area contributed by atoms with Crippen molar-refractivity contribution in [3.05, 3.63) is 0 Å². The van der Waals surface area contributed by atoms with E-state index in [9.17, 15) is 0 Å². The molecular formula is H9BCaO7Si. The van der Waals surface area contributed by atoms with Crippen LogP contribution in [-0.2, 0) is 0 Å². The van der Waals surface area contributed by atoms with Crippen LogP contribution in [0.2, 0.25) is 0 Å². The summed E-state index contributed by atoms with van der Waals surface area (Å²) < 4.78 is 0. The summed E-state index contributed by atoms with van der Waals surface area (Å²) >= 11 is 0. The van der Waals surface area contributed by atoms with E-state index in [-0.39, 0.29) is 37.7 Å². The van der Waals surface area contributed by atoms with Gasteiger partial charge < -0.3 is 34.3 Å². The van der Waals surface area contributed by atoms with Gasteiger partial charge in [-0.2, -0.15) is 0 Å². The summed E-state index contributed by atoms with van der Waals surface area (Å²) in [6.45, 7) is 0. The van der Waals surface area contributed by atoms with Gasteiger partial charge in [0.1, 0.15) is 0 Å². The Morgan fingerprint density at radius 3 is 0.800 bits per heavy atom. The summed E-state index contributed by atoms with van der Waals surface area (Å²) in [6, 6.07) is 0. The van der Waals surface area contributed by atoms with Crippen LogP contribution in [0, 0.1) is 0 Å². The molecule has 0 rings (SSSR count). The van der Waals surface area contributed by atoms with Gasteiger partial charge in [-0.15, -0.1) is 0 Å². The Bertz CT molecular complexity index is 50.4. The van der Waals surface area contributed by atoms with E-state index in [4.69, 9.17) is 34.3 Å². The Kier molecular flexibility index (Phi) is 14.5. The molecule has 0 saturated carbocycles. The molecule has 0 spiro atoms. The van der Waals surface area contributed by atoms with Gasteiger partial charge in [0.15, 0.2) is 0 Å². The van der Waals surface area contributed by atoms with Crippen molar-refractivity contribution >= 4 is 54.1 Å². The van der Waals surface area contributed by atoms with Crippen LogP contribution in [0.3, 0.4) is 0 Å². The van der Waals surface area contributed by atoms with Crippen LogP contribution in [0.5, 0.6) is 0 Å². The molecule has 0 aliphatic heterocycles. The Morgan fingerprint density at radius 1 is 0.800 bits per heavy atom. The molecule has 0 aliphatic carbocycles. The fourth-order valence-corrected chi connectivity index (χ4v) is 0. The summed E-state index contributed by atoms with van der Waals surface area (Å²) in [7, 11) is -6.78. The van der Waals surface area contributed by atoms with Crippen LogP contribution in [0.25, 0.3) is 0 Å². The molecule has 10 heavy (non-hydrogen) atoms. The Balaban J connectivity index is -0.0000000910. The zero-order valence-corrected chi connectivity index (χ0v) is 5.21. The second-order valence-corrected chi connectivity index (χ2v) is 2.15. The van der Waals surface area contributed by atoms with Crippen molar-refractivity contribution in [3.8, 4) is 0 Å². The van der Waals surface area contributed by atoms with Crippen LogP contribution in [-0.4, -0.2) is 88.4 Å². The van der Waals surface area contributed by atoms with Gasteiger partial charge >= 0.3 is 54.1 Å². The van der Waals surface area contributed by atoms with Crippen molar-refractivity contribution < 1.29 is 34.3 Å². The van der Waals surface area contributed by atoms with Crippen LogP contribution < -0.4 is 0 Å². The molecule has 7 N–H and O–H groups in total. The third-order valence-electron chi connectivity index (χ3n) is 0. The molecule has 0 amide bonds. The molecule has 0 atom stereocenters. The summed E-state index contributed by atoms with van der Waals surface area (Å²) in [5.74, 6) is 0. The molecule has 0 unspecified atom stereocenters. The molecule has 0 aromatic rings. The van der Waals surface area contributed by atoms with Crippen molar-refractivity contribution in [2.75, 3.05) is 0 Å². The molecule has 0 aromatic heterocycles. The van der Waals surface area contributed by atoms with E-state index in [2.05, 4.69) is 0 Å². The predicted molar refractivity (Wildman–Crippen MR) is 35.6 cm³/mol. The average molecular weight is 200 g/mol. The monoisotopic (exact) mass is 200 g/mol. The van der Waals surface area contributed by atoms with E-state index in [0.717, 1.165) is 0 Å². The van der Waals surface area contributed by atoms with Gasteiger partial charge in [0.2, 0.25) is 0 Å². The van der Waals surface area contributed by atoms with Gasteiger partial charge in [0, 0.05) is 0 Å². The summed E-state index contributed by atoms with van der Waals surface area (Å²) in [5, 5.41) is 21.5. The second-order valence-electron chi connectivity index (χ2n) is 0.946. The molecule has 0 bridgehead atoms. The van der Waals surface area contributed by atoms with E-state index in [1.165, 1.54) is 0 Å². The Morgan fingerprint density at radius 2 is 0.800 bits per heavy atom. The molecule has 60 valence electrons. The predicted octanol–water partition coefficient (Wildman–Crippen LogP) is -5.58. The van der Waals surface area contributed by atoms with Gasteiger partial charge in [-0.25, -0.2) is 0 Å². The molecule has 0 saturated heterocycles. The normalized spacial score (nSPS) is 8.70. The van der Waals surface area contributed by atoms with Crippen LogP contribution in [0.1, 0.15) is 0 Å². The number of hydrogen-bond acceptors (Lipinski definition) is 7. The van der Waals surface area contributed by atoms with Crippen molar-refractivity contribution in [2.24, 2.45) is 0 Å². The summed E-state index contributed by atoms with van der Waals surface area (Å²) in [5.41, 5.74) is 0. The van der Waals surface area contributed by atoms with E-state index in [1.807, 2.05) is 0 Å². The molecular weight excluding hydrogens is 191 g/mol. The van der Waals surface area contributed by atoms with E-state index in [1.54, 1.807) is 0 Å². The first-order valence-electron chi connectivity index (χ1n) is 1.67. The minimum atomic E-state index is -4.61. The first kappa shape index (κ1) is 17.4. The van der Waals surface area contributed by atoms with Gasteiger partial charge in [-0.3, -0.25) is 0 Å². The third kappa shape index (κ3) is 397. The zero-order chi connectivity index (χ0) is 8.08. The number of hydrogen-bond donors (Lipinski definition) is 7. The van der Waals surface area contributed by atoms with Gasteiger partial charge in [0.25, 0.3) is 0 Å². The fourth-order valence-electron chi connectivity index (χ4n) is 0. The Labute approximate surface area is 87.9 Å². The molecule has 0 heterocycles. The molecule has 10 heteroatoms. The molecule has 0 aliphatic rings. The quantitative estimate of drug-likeness (QED) is 0.193. The SMILES string of the molecule is OB(O)O.O[Si](O)(O)O.[CaH2]. The first-order chi connectivity index (χ1) is 3.73. The summed E-state index contributed by atoms with van der Waals surface area (Å²) in [4.78, 5) is 29.3. The maximum absolute atomic E-state index is 7.33. The second kappa shape index (κ2) is 8.36. The van der Waals surface area contributed by atoms with Gasteiger partial charge in [0.05, 0.1) is 0 Å². The maximum atomic E-state index is 7.33. The van der Waals surface area contributed by atoms with Crippen LogP contribution >= 0.6 is 0 Å².